The van der Waals surface area contributed by atoms with E-state index in [1.807, 2.05) is 0 Å². The van der Waals surface area contributed by atoms with Gasteiger partial charge in [0.1, 0.15) is 5.82 Å². The second kappa shape index (κ2) is 7.32. The molecule has 24 heavy (non-hydrogen) atoms. The number of amides is 1. The smallest absolute Gasteiger partial charge is 0.299 e. The van der Waals surface area contributed by atoms with Gasteiger partial charge in [-0.05, 0) is 32.0 Å². The van der Waals surface area contributed by atoms with Crippen molar-refractivity contribution in [1.29, 1.82) is 0 Å². The van der Waals surface area contributed by atoms with Crippen molar-refractivity contribution in [3.8, 4) is 0 Å². The highest BCUT2D eigenvalue weighted by Crippen LogP contribution is 2.32. The first-order valence-corrected chi connectivity index (χ1v) is 7.13. The van der Waals surface area contributed by atoms with Gasteiger partial charge in [0.2, 0.25) is 0 Å². The van der Waals surface area contributed by atoms with E-state index in [-0.39, 0.29) is 11.3 Å². The number of hydrogen-bond acceptors (Lipinski definition) is 7. The van der Waals surface area contributed by atoms with Gasteiger partial charge in [0.25, 0.3) is 18.2 Å². The Labute approximate surface area is 137 Å². The first-order chi connectivity index (χ1) is 11.3. The number of aliphatic hydroxyl groups is 2. The van der Waals surface area contributed by atoms with Crippen molar-refractivity contribution in [2.75, 3.05) is 12.0 Å². The molecule has 1 amide bonds. The highest BCUT2D eigenvalue weighted by atomic mass is 19.1. The second-order valence-electron chi connectivity index (χ2n) is 5.18. The Hall–Kier alpha value is -1.91. The number of nitrogens with zero attached hydrogens (tertiary/aromatic N) is 1. The van der Waals surface area contributed by atoms with Gasteiger partial charge in [-0.3, -0.25) is 14.5 Å². The summed E-state index contributed by atoms with van der Waals surface area (Å²) in [5, 5.41) is 19.3. The predicted octanol–water partition coefficient (Wildman–Crippen LogP) is 0.363. The fraction of sp³-hybridized carbons (Fsp3) is 0.467. The third-order valence-electron chi connectivity index (χ3n) is 3.54. The van der Waals surface area contributed by atoms with E-state index in [2.05, 4.69) is 4.74 Å². The lowest BCUT2D eigenvalue weighted by atomic mass is 10.1. The van der Waals surface area contributed by atoms with Crippen molar-refractivity contribution in [3.05, 3.63) is 29.6 Å². The van der Waals surface area contributed by atoms with Crippen LogP contribution in [0.2, 0.25) is 0 Å². The predicted molar refractivity (Wildman–Crippen MR) is 78.3 cm³/mol. The minimum atomic E-state index is -1.54. The normalized spacial score (nSPS) is 19.2. The molecule has 0 saturated heterocycles. The van der Waals surface area contributed by atoms with Crippen LogP contribution in [-0.4, -0.2) is 54.1 Å². The largest absolute Gasteiger partial charge is 0.366 e. The van der Waals surface area contributed by atoms with Crippen molar-refractivity contribution in [2.45, 2.75) is 38.9 Å². The number of halogens is 1. The lowest BCUT2D eigenvalue weighted by Crippen LogP contribution is -2.47. The number of ether oxygens (including phenoxy) is 3. The van der Waals surface area contributed by atoms with Gasteiger partial charge in [0, 0.05) is 7.11 Å². The highest BCUT2D eigenvalue weighted by molar-refractivity contribution is 6.52. The Morgan fingerprint density at radius 2 is 1.83 bits per heavy atom. The molecule has 9 heteroatoms. The molecule has 1 aromatic carbocycles. The van der Waals surface area contributed by atoms with Crippen LogP contribution in [-0.2, 0) is 19.0 Å². The number of carbonyl (C=O) groups excluding carboxylic acids is 2. The number of aliphatic hydroxyl groups excluding tert-OH is 2. The molecule has 0 spiro atoms. The maximum Gasteiger partial charge on any atom is 0.299 e. The number of methoxy groups -OCH3 is 1. The second-order valence-corrected chi connectivity index (χ2v) is 5.18. The third kappa shape index (κ3) is 3.60. The molecule has 4 atom stereocenters. The lowest BCUT2D eigenvalue weighted by molar-refractivity contribution is -0.334. The van der Waals surface area contributed by atoms with Gasteiger partial charge in [-0.15, -0.1) is 0 Å². The van der Waals surface area contributed by atoms with Crippen molar-refractivity contribution in [3.63, 3.8) is 0 Å². The third-order valence-corrected chi connectivity index (χ3v) is 3.54. The van der Waals surface area contributed by atoms with E-state index in [1.54, 1.807) is 0 Å². The van der Waals surface area contributed by atoms with E-state index >= 15 is 0 Å². The summed E-state index contributed by atoms with van der Waals surface area (Å²) in [5.41, 5.74) is 0.116. The van der Waals surface area contributed by atoms with Crippen molar-refractivity contribution in [1.82, 2.24) is 0 Å². The molecular formula is C15H18FNO7. The summed E-state index contributed by atoms with van der Waals surface area (Å²) >= 11 is 0. The van der Waals surface area contributed by atoms with Gasteiger partial charge in [0.15, 0.2) is 12.6 Å². The number of hydrogen-bond donors (Lipinski definition) is 2. The van der Waals surface area contributed by atoms with Crippen LogP contribution < -0.4 is 4.90 Å². The van der Waals surface area contributed by atoms with Gasteiger partial charge in [0.05, 0.1) is 17.3 Å². The molecule has 0 fully saturated rings. The SMILES string of the molecule is COC(O)OC(C)OC(O)C(C)N1C(=O)C(=O)c2cc(F)ccc21. The number of fused-ring (bicyclic) bond motifs is 1. The van der Waals surface area contributed by atoms with E-state index in [0.29, 0.717) is 0 Å². The molecule has 4 unspecified atom stereocenters. The Morgan fingerprint density at radius 3 is 2.46 bits per heavy atom. The Morgan fingerprint density at radius 1 is 1.17 bits per heavy atom. The lowest BCUT2D eigenvalue weighted by Gasteiger charge is -2.30. The molecule has 0 radical (unpaired) electrons. The molecular weight excluding hydrogens is 325 g/mol. The number of ketones is 1. The van der Waals surface area contributed by atoms with Gasteiger partial charge >= 0.3 is 0 Å². The van der Waals surface area contributed by atoms with Crippen LogP contribution in [0.3, 0.4) is 0 Å². The van der Waals surface area contributed by atoms with Crippen LogP contribution >= 0.6 is 0 Å². The van der Waals surface area contributed by atoms with E-state index in [0.717, 1.165) is 17.0 Å². The Kier molecular flexibility index (Phi) is 5.62. The van der Waals surface area contributed by atoms with Gasteiger partial charge in [-0.1, -0.05) is 0 Å². The van der Waals surface area contributed by atoms with Crippen LogP contribution in [0.25, 0.3) is 0 Å². The van der Waals surface area contributed by atoms with E-state index in [1.165, 1.54) is 27.0 Å². The number of Topliss-reactive ketones (excluding diaryl/α,β-unsaturated/α-hetero) is 1. The maximum atomic E-state index is 13.3. The topological polar surface area (TPSA) is 106 Å². The quantitative estimate of drug-likeness (QED) is 0.544. The first-order valence-electron chi connectivity index (χ1n) is 7.13. The summed E-state index contributed by atoms with van der Waals surface area (Å²) in [6, 6.07) is 2.40. The average Bonchev–Trinajstić information content (AvgIpc) is 2.77. The number of benzene rings is 1. The molecule has 0 bridgehead atoms. The van der Waals surface area contributed by atoms with Crippen molar-refractivity contribution in [2.24, 2.45) is 0 Å². The zero-order valence-corrected chi connectivity index (χ0v) is 13.3. The molecule has 0 aliphatic carbocycles. The molecule has 132 valence electrons. The number of anilines is 1. The average molecular weight is 343 g/mol. The molecule has 8 nitrogen and oxygen atoms in total. The summed E-state index contributed by atoms with van der Waals surface area (Å²) in [6.45, 7) is 1.31. The standard InChI is InChI=1S/C15H18FNO7/c1-7(14(20)23-8(2)24-15(21)22-3)17-11-5-4-9(16)6-10(11)12(18)13(17)19/h4-8,14-15,20-21H,1-3H3. The number of rotatable bonds is 7. The van der Waals surface area contributed by atoms with Crippen LogP contribution in [0.15, 0.2) is 18.2 Å². The minimum absolute atomic E-state index is 0.0712. The van der Waals surface area contributed by atoms with Crippen LogP contribution in [0.5, 0.6) is 0 Å². The van der Waals surface area contributed by atoms with Crippen molar-refractivity contribution >= 4 is 17.4 Å². The van der Waals surface area contributed by atoms with Gasteiger partial charge in [-0.2, -0.15) is 0 Å². The fourth-order valence-electron chi connectivity index (χ4n) is 2.33. The van der Waals surface area contributed by atoms with Crippen molar-refractivity contribution < 1.29 is 38.4 Å². The summed E-state index contributed by atoms with van der Waals surface area (Å²) in [6.07, 6.45) is -2.59. The summed E-state index contributed by atoms with van der Waals surface area (Å²) in [4.78, 5) is 25.1. The van der Waals surface area contributed by atoms with E-state index in [4.69, 9.17) is 9.47 Å². The highest BCUT2D eigenvalue weighted by Gasteiger charge is 2.41. The molecule has 0 aromatic heterocycles. The Bertz CT molecular complexity index is 638. The minimum Gasteiger partial charge on any atom is -0.366 e. The zero-order chi connectivity index (χ0) is 18.0. The fourth-order valence-corrected chi connectivity index (χ4v) is 2.33. The molecule has 1 aliphatic rings. The summed E-state index contributed by atoms with van der Waals surface area (Å²) < 4.78 is 27.7. The van der Waals surface area contributed by atoms with Crippen LogP contribution in [0.4, 0.5) is 10.1 Å². The van der Waals surface area contributed by atoms with Gasteiger partial charge < -0.3 is 24.4 Å². The Balaban J connectivity index is 2.13. The first kappa shape index (κ1) is 18.4. The summed E-state index contributed by atoms with van der Waals surface area (Å²) in [5.74, 6) is -2.39. The molecule has 1 aromatic rings. The zero-order valence-electron chi connectivity index (χ0n) is 13.3. The molecule has 1 aliphatic heterocycles. The number of carbonyl (C=O) groups is 2. The monoisotopic (exact) mass is 343 g/mol. The molecule has 1 heterocycles. The maximum absolute atomic E-state index is 13.3. The molecule has 0 saturated carbocycles. The van der Waals surface area contributed by atoms with Crippen LogP contribution in [0, 0.1) is 5.82 Å². The van der Waals surface area contributed by atoms with E-state index in [9.17, 15) is 24.2 Å². The van der Waals surface area contributed by atoms with Gasteiger partial charge in [-0.25, -0.2) is 4.39 Å². The van der Waals surface area contributed by atoms with E-state index < -0.39 is 42.6 Å². The summed E-state index contributed by atoms with van der Waals surface area (Å²) in [7, 11) is 1.21. The molecule has 2 rings (SSSR count). The van der Waals surface area contributed by atoms with Crippen LogP contribution in [0.1, 0.15) is 24.2 Å². The molecule has 2 N–H and O–H groups in total.